The first-order valence-corrected chi connectivity index (χ1v) is 7.92. The van der Waals surface area contributed by atoms with E-state index in [0.29, 0.717) is 21.8 Å². The number of ketones is 1. The predicted octanol–water partition coefficient (Wildman–Crippen LogP) is 4.53. The Bertz CT molecular complexity index is 939. The summed E-state index contributed by atoms with van der Waals surface area (Å²) in [6.45, 7) is 0. The second-order valence-electron chi connectivity index (χ2n) is 5.39. The lowest BCUT2D eigenvalue weighted by Crippen LogP contribution is -2.12. The molecule has 0 saturated carbocycles. The number of rotatable bonds is 4. The Morgan fingerprint density at radius 2 is 1.56 bits per heavy atom. The summed E-state index contributed by atoms with van der Waals surface area (Å²) in [5.41, 5.74) is 1.54. The van der Waals surface area contributed by atoms with Crippen molar-refractivity contribution in [1.29, 1.82) is 0 Å². The summed E-state index contributed by atoms with van der Waals surface area (Å²) in [4.78, 5) is 24.8. The molecule has 1 amide bonds. The van der Waals surface area contributed by atoms with E-state index < -0.39 is 5.91 Å². The van der Waals surface area contributed by atoms with Gasteiger partial charge in [0.1, 0.15) is 5.75 Å². The number of nitrogens with one attached hydrogen (secondary N) is 1. The second-order valence-corrected chi connectivity index (χ2v) is 5.83. The van der Waals surface area contributed by atoms with Crippen molar-refractivity contribution in [2.24, 2.45) is 0 Å². The van der Waals surface area contributed by atoms with E-state index in [4.69, 9.17) is 11.6 Å². The van der Waals surface area contributed by atoms with Crippen molar-refractivity contribution in [3.63, 3.8) is 0 Å². The molecular weight excluding hydrogens is 338 g/mol. The second kappa shape index (κ2) is 7.20. The molecular formula is C20H14ClNO3. The van der Waals surface area contributed by atoms with Crippen LogP contribution in [0.3, 0.4) is 0 Å². The van der Waals surface area contributed by atoms with Crippen LogP contribution in [-0.4, -0.2) is 16.8 Å². The normalized spacial score (nSPS) is 10.3. The zero-order chi connectivity index (χ0) is 17.8. The van der Waals surface area contributed by atoms with E-state index in [2.05, 4.69) is 5.32 Å². The van der Waals surface area contributed by atoms with Crippen molar-refractivity contribution in [2.75, 3.05) is 5.32 Å². The number of hydrogen-bond acceptors (Lipinski definition) is 3. The predicted molar refractivity (Wildman–Crippen MR) is 97.4 cm³/mol. The van der Waals surface area contributed by atoms with Gasteiger partial charge in [-0.3, -0.25) is 9.59 Å². The molecule has 2 N–H and O–H groups in total. The average Bonchev–Trinajstić information content (AvgIpc) is 2.64. The summed E-state index contributed by atoms with van der Waals surface area (Å²) < 4.78 is 0. The van der Waals surface area contributed by atoms with Crippen LogP contribution in [0.5, 0.6) is 5.75 Å². The van der Waals surface area contributed by atoms with Gasteiger partial charge in [-0.1, -0.05) is 54.1 Å². The zero-order valence-electron chi connectivity index (χ0n) is 13.1. The van der Waals surface area contributed by atoms with Gasteiger partial charge in [0, 0.05) is 21.8 Å². The standard InChI is InChI=1S/C20H14ClNO3/c21-15-9-10-18(23)17(12-15)20(25)22-16-8-4-7-14(11-16)19(24)13-5-2-1-3-6-13/h1-12,23H,(H,22,25). The van der Waals surface area contributed by atoms with Crippen LogP contribution < -0.4 is 5.32 Å². The smallest absolute Gasteiger partial charge is 0.259 e. The van der Waals surface area contributed by atoms with Crippen LogP contribution in [0.2, 0.25) is 5.02 Å². The van der Waals surface area contributed by atoms with Crippen LogP contribution in [0.4, 0.5) is 5.69 Å². The van der Waals surface area contributed by atoms with Crippen molar-refractivity contribution >= 4 is 29.0 Å². The first kappa shape index (κ1) is 16.7. The van der Waals surface area contributed by atoms with Gasteiger partial charge in [0.15, 0.2) is 5.78 Å². The molecule has 3 rings (SSSR count). The molecule has 25 heavy (non-hydrogen) atoms. The number of carbonyl (C=O) groups is 2. The summed E-state index contributed by atoms with van der Waals surface area (Å²) in [6.07, 6.45) is 0. The Balaban J connectivity index is 1.83. The summed E-state index contributed by atoms with van der Waals surface area (Å²) in [5.74, 6) is -0.815. The third-order valence-electron chi connectivity index (χ3n) is 3.62. The molecule has 0 aromatic heterocycles. The Morgan fingerprint density at radius 1 is 0.840 bits per heavy atom. The number of phenolic OH excluding ortho intramolecular Hbond substituents is 1. The SMILES string of the molecule is O=C(c1ccccc1)c1cccc(NC(=O)c2cc(Cl)ccc2O)c1. The minimum Gasteiger partial charge on any atom is -0.507 e. The molecule has 4 nitrogen and oxygen atoms in total. The summed E-state index contributed by atoms with van der Waals surface area (Å²) in [7, 11) is 0. The fourth-order valence-electron chi connectivity index (χ4n) is 2.38. The van der Waals surface area contributed by atoms with Gasteiger partial charge in [0.05, 0.1) is 5.56 Å². The number of anilines is 1. The first-order chi connectivity index (χ1) is 12.0. The van der Waals surface area contributed by atoms with Crippen molar-refractivity contribution in [1.82, 2.24) is 0 Å². The molecule has 0 aliphatic heterocycles. The third kappa shape index (κ3) is 3.87. The highest BCUT2D eigenvalue weighted by atomic mass is 35.5. The van der Waals surface area contributed by atoms with Crippen LogP contribution in [0, 0.1) is 0 Å². The maximum Gasteiger partial charge on any atom is 0.259 e. The molecule has 0 aliphatic carbocycles. The number of hydrogen-bond donors (Lipinski definition) is 2. The molecule has 3 aromatic carbocycles. The quantitative estimate of drug-likeness (QED) is 0.679. The topological polar surface area (TPSA) is 66.4 Å². The Kier molecular flexibility index (Phi) is 4.82. The van der Waals surface area contributed by atoms with Crippen LogP contribution in [0.15, 0.2) is 72.8 Å². The number of carbonyl (C=O) groups excluding carboxylic acids is 2. The van der Waals surface area contributed by atoms with Gasteiger partial charge >= 0.3 is 0 Å². The van der Waals surface area contributed by atoms with E-state index in [1.807, 2.05) is 6.07 Å². The molecule has 0 heterocycles. The number of phenols is 1. The van der Waals surface area contributed by atoms with E-state index in [1.165, 1.54) is 18.2 Å². The van der Waals surface area contributed by atoms with Crippen molar-refractivity contribution in [3.05, 3.63) is 94.5 Å². The minimum absolute atomic E-state index is 0.0623. The van der Waals surface area contributed by atoms with Gasteiger partial charge in [-0.05, 0) is 30.3 Å². The van der Waals surface area contributed by atoms with Gasteiger partial charge in [0.25, 0.3) is 5.91 Å². The third-order valence-corrected chi connectivity index (χ3v) is 3.86. The van der Waals surface area contributed by atoms with E-state index in [-0.39, 0.29) is 17.1 Å². The highest BCUT2D eigenvalue weighted by molar-refractivity contribution is 6.31. The number of aromatic hydroxyl groups is 1. The Hall–Kier alpha value is -3.11. The maximum atomic E-state index is 12.5. The molecule has 0 atom stereocenters. The van der Waals surface area contributed by atoms with Crippen molar-refractivity contribution in [2.45, 2.75) is 0 Å². The lowest BCUT2D eigenvalue weighted by atomic mass is 10.0. The monoisotopic (exact) mass is 351 g/mol. The van der Waals surface area contributed by atoms with Crippen molar-refractivity contribution < 1.29 is 14.7 Å². The van der Waals surface area contributed by atoms with E-state index in [9.17, 15) is 14.7 Å². The van der Waals surface area contributed by atoms with Gasteiger partial charge in [-0.2, -0.15) is 0 Å². The molecule has 0 spiro atoms. The minimum atomic E-state index is -0.510. The van der Waals surface area contributed by atoms with Crippen molar-refractivity contribution in [3.8, 4) is 5.75 Å². The molecule has 0 fully saturated rings. The van der Waals surface area contributed by atoms with Gasteiger partial charge in [-0.15, -0.1) is 0 Å². The summed E-state index contributed by atoms with van der Waals surface area (Å²) in [5, 5.41) is 12.8. The molecule has 0 saturated heterocycles. The first-order valence-electron chi connectivity index (χ1n) is 7.54. The van der Waals surface area contributed by atoms with Gasteiger partial charge in [0.2, 0.25) is 0 Å². The Morgan fingerprint density at radius 3 is 2.32 bits per heavy atom. The average molecular weight is 352 g/mol. The zero-order valence-corrected chi connectivity index (χ0v) is 13.8. The number of benzene rings is 3. The summed E-state index contributed by atoms with van der Waals surface area (Å²) >= 11 is 5.86. The highest BCUT2D eigenvalue weighted by Crippen LogP contribution is 2.23. The molecule has 124 valence electrons. The lowest BCUT2D eigenvalue weighted by Gasteiger charge is -2.09. The Labute approximate surface area is 149 Å². The maximum absolute atomic E-state index is 12.5. The van der Waals surface area contributed by atoms with E-state index in [0.717, 1.165) is 0 Å². The molecule has 3 aromatic rings. The summed E-state index contributed by atoms with van der Waals surface area (Å²) in [6, 6.07) is 19.7. The number of amides is 1. The largest absolute Gasteiger partial charge is 0.507 e. The molecule has 0 bridgehead atoms. The molecule has 5 heteroatoms. The fourth-order valence-corrected chi connectivity index (χ4v) is 2.56. The van der Waals surface area contributed by atoms with Gasteiger partial charge in [-0.25, -0.2) is 0 Å². The fraction of sp³-hybridized carbons (Fsp3) is 0. The molecule has 0 radical (unpaired) electrons. The highest BCUT2D eigenvalue weighted by Gasteiger charge is 2.14. The van der Waals surface area contributed by atoms with Crippen LogP contribution >= 0.6 is 11.6 Å². The van der Waals surface area contributed by atoms with Gasteiger partial charge < -0.3 is 10.4 Å². The molecule has 0 aliphatic rings. The van der Waals surface area contributed by atoms with Crippen LogP contribution in [0.1, 0.15) is 26.3 Å². The van der Waals surface area contributed by atoms with E-state index >= 15 is 0 Å². The van der Waals surface area contributed by atoms with Crippen LogP contribution in [0.25, 0.3) is 0 Å². The van der Waals surface area contributed by atoms with Crippen LogP contribution in [-0.2, 0) is 0 Å². The lowest BCUT2D eigenvalue weighted by molar-refractivity contribution is 0.101. The van der Waals surface area contributed by atoms with E-state index in [1.54, 1.807) is 48.5 Å². The number of halogens is 1. The molecule has 0 unspecified atom stereocenters.